The summed E-state index contributed by atoms with van der Waals surface area (Å²) >= 11 is 11.9. The number of amides is 1. The number of anilines is 2. The zero-order valence-electron chi connectivity index (χ0n) is 13.9. The maximum atomic E-state index is 13.0. The highest BCUT2D eigenvalue weighted by Crippen LogP contribution is 2.29. The highest BCUT2D eigenvalue weighted by molar-refractivity contribution is 7.92. The predicted molar refractivity (Wildman–Crippen MR) is 103 cm³/mol. The van der Waals surface area contributed by atoms with Crippen molar-refractivity contribution in [2.75, 3.05) is 22.4 Å². The number of carbonyl (C=O) groups is 1. The van der Waals surface area contributed by atoms with Gasteiger partial charge in [0.1, 0.15) is 5.82 Å². The summed E-state index contributed by atoms with van der Waals surface area (Å²) in [7, 11) is -3.56. The van der Waals surface area contributed by atoms with E-state index in [0.29, 0.717) is 16.4 Å². The van der Waals surface area contributed by atoms with Gasteiger partial charge in [-0.2, -0.15) is 0 Å². The Labute approximate surface area is 161 Å². The summed E-state index contributed by atoms with van der Waals surface area (Å²) < 4.78 is 38.1. The first-order valence-corrected chi connectivity index (χ1v) is 10.3. The molecule has 1 amide bonds. The van der Waals surface area contributed by atoms with Crippen molar-refractivity contribution in [2.24, 2.45) is 0 Å². The predicted octanol–water partition coefficient (Wildman–Crippen LogP) is 4.32. The Morgan fingerprint density at radius 2 is 1.81 bits per heavy atom. The topological polar surface area (TPSA) is 66.5 Å². The van der Waals surface area contributed by atoms with Gasteiger partial charge in [-0.1, -0.05) is 29.3 Å². The molecule has 0 aliphatic carbocycles. The van der Waals surface area contributed by atoms with E-state index >= 15 is 0 Å². The molecule has 0 heterocycles. The molecule has 0 spiro atoms. The van der Waals surface area contributed by atoms with Gasteiger partial charge in [0.15, 0.2) is 0 Å². The first-order chi connectivity index (χ1) is 12.2. The van der Waals surface area contributed by atoms with Crippen LogP contribution in [0, 0.1) is 5.82 Å². The average molecular weight is 419 g/mol. The van der Waals surface area contributed by atoms with Gasteiger partial charge in [0.05, 0.1) is 27.7 Å². The van der Waals surface area contributed by atoms with E-state index in [1.165, 1.54) is 24.3 Å². The van der Waals surface area contributed by atoms with Crippen LogP contribution in [0.1, 0.15) is 12.8 Å². The van der Waals surface area contributed by atoms with Crippen molar-refractivity contribution in [1.29, 1.82) is 0 Å². The second kappa shape index (κ2) is 8.70. The number of carbonyl (C=O) groups excluding carboxylic acids is 1. The molecular formula is C17H17Cl2FN2O3S. The van der Waals surface area contributed by atoms with Crippen molar-refractivity contribution in [1.82, 2.24) is 0 Å². The molecule has 140 valence electrons. The second-order valence-corrected chi connectivity index (χ2v) is 8.26. The van der Waals surface area contributed by atoms with Crippen LogP contribution in [-0.2, 0) is 14.8 Å². The minimum absolute atomic E-state index is 0.0794. The average Bonchev–Trinajstić information content (AvgIpc) is 2.56. The summed E-state index contributed by atoms with van der Waals surface area (Å²) in [6.45, 7) is 0.0845. The molecule has 0 saturated heterocycles. The molecule has 0 fully saturated rings. The highest BCUT2D eigenvalue weighted by Gasteiger charge is 2.18. The van der Waals surface area contributed by atoms with Crippen LogP contribution in [0.2, 0.25) is 10.0 Å². The number of hydrogen-bond acceptors (Lipinski definition) is 3. The first-order valence-electron chi connectivity index (χ1n) is 7.65. The van der Waals surface area contributed by atoms with Crippen LogP contribution in [0.5, 0.6) is 0 Å². The van der Waals surface area contributed by atoms with Crippen LogP contribution in [0.25, 0.3) is 0 Å². The maximum absolute atomic E-state index is 13.0. The normalized spacial score (nSPS) is 11.2. The molecule has 0 unspecified atom stereocenters. The summed E-state index contributed by atoms with van der Waals surface area (Å²) in [4.78, 5) is 12.1. The summed E-state index contributed by atoms with van der Waals surface area (Å²) in [6, 6.07) is 10.00. The molecule has 0 radical (unpaired) electrons. The lowest BCUT2D eigenvalue weighted by atomic mass is 10.2. The van der Waals surface area contributed by atoms with E-state index < -0.39 is 15.8 Å². The lowest BCUT2D eigenvalue weighted by Gasteiger charge is -2.22. The van der Waals surface area contributed by atoms with Gasteiger partial charge in [-0.25, -0.2) is 12.8 Å². The molecule has 9 heteroatoms. The van der Waals surface area contributed by atoms with Crippen molar-refractivity contribution < 1.29 is 17.6 Å². The van der Waals surface area contributed by atoms with Crippen LogP contribution in [0.4, 0.5) is 15.8 Å². The number of sulfonamides is 1. The van der Waals surface area contributed by atoms with Gasteiger partial charge in [0.25, 0.3) is 0 Å². The third-order valence-electron chi connectivity index (χ3n) is 3.51. The molecule has 0 bridgehead atoms. The second-order valence-electron chi connectivity index (χ2n) is 5.56. The Kier molecular flexibility index (Phi) is 6.86. The molecule has 0 aliphatic rings. The minimum Gasteiger partial charge on any atom is -0.325 e. The lowest BCUT2D eigenvalue weighted by molar-refractivity contribution is -0.116. The summed E-state index contributed by atoms with van der Waals surface area (Å²) in [5.41, 5.74) is 0.731. The molecule has 0 aliphatic heterocycles. The third kappa shape index (κ3) is 5.59. The zero-order chi connectivity index (χ0) is 19.3. The summed E-state index contributed by atoms with van der Waals surface area (Å²) in [5.74, 6) is -0.776. The van der Waals surface area contributed by atoms with Gasteiger partial charge >= 0.3 is 0 Å². The lowest BCUT2D eigenvalue weighted by Crippen LogP contribution is -2.31. The van der Waals surface area contributed by atoms with Crippen LogP contribution < -0.4 is 9.62 Å². The molecule has 2 rings (SSSR count). The fourth-order valence-corrected chi connectivity index (χ4v) is 3.60. The van der Waals surface area contributed by atoms with Gasteiger partial charge in [-0.15, -0.1) is 0 Å². The van der Waals surface area contributed by atoms with Crippen LogP contribution in [0.3, 0.4) is 0 Å². The van der Waals surface area contributed by atoms with Crippen molar-refractivity contribution in [3.05, 3.63) is 58.3 Å². The zero-order valence-corrected chi connectivity index (χ0v) is 16.2. The van der Waals surface area contributed by atoms with Gasteiger partial charge in [-0.3, -0.25) is 9.10 Å². The van der Waals surface area contributed by atoms with E-state index in [1.54, 1.807) is 18.2 Å². The van der Waals surface area contributed by atoms with E-state index in [9.17, 15) is 17.6 Å². The van der Waals surface area contributed by atoms with Crippen molar-refractivity contribution >= 4 is 50.5 Å². The molecular weight excluding hydrogens is 402 g/mol. The molecule has 2 aromatic rings. The van der Waals surface area contributed by atoms with E-state index in [0.717, 1.165) is 10.6 Å². The largest absolute Gasteiger partial charge is 0.325 e. The standard InChI is InChI=1S/C17H17Cl2FN2O3S/c1-26(24,25)22(13-9-7-12(20)8-10-13)11-3-6-16(23)21-15-5-2-4-14(18)17(15)19/h2,4-5,7-10H,3,6,11H2,1H3,(H,21,23). The third-order valence-corrected chi connectivity index (χ3v) is 5.52. The Balaban J connectivity index is 1.98. The SMILES string of the molecule is CS(=O)(=O)N(CCCC(=O)Nc1cccc(Cl)c1Cl)c1ccc(F)cc1. The Morgan fingerprint density at radius 1 is 1.15 bits per heavy atom. The van der Waals surface area contributed by atoms with Crippen molar-refractivity contribution in [2.45, 2.75) is 12.8 Å². The quantitative estimate of drug-likeness (QED) is 0.727. The Morgan fingerprint density at radius 3 is 2.42 bits per heavy atom. The number of hydrogen-bond donors (Lipinski definition) is 1. The number of halogens is 3. The number of rotatable bonds is 7. The smallest absolute Gasteiger partial charge is 0.232 e. The fraction of sp³-hybridized carbons (Fsp3) is 0.235. The Hall–Kier alpha value is -1.83. The number of benzene rings is 2. The molecule has 1 N–H and O–H groups in total. The maximum Gasteiger partial charge on any atom is 0.232 e. The van der Waals surface area contributed by atoms with E-state index in [4.69, 9.17) is 23.2 Å². The molecule has 26 heavy (non-hydrogen) atoms. The molecule has 5 nitrogen and oxygen atoms in total. The summed E-state index contributed by atoms with van der Waals surface area (Å²) in [5, 5.41) is 3.20. The van der Waals surface area contributed by atoms with Crippen LogP contribution in [-0.4, -0.2) is 27.1 Å². The van der Waals surface area contributed by atoms with Crippen molar-refractivity contribution in [3.8, 4) is 0 Å². The van der Waals surface area contributed by atoms with E-state index in [-0.39, 0.29) is 30.3 Å². The van der Waals surface area contributed by atoms with E-state index in [2.05, 4.69) is 5.32 Å². The molecule has 0 saturated carbocycles. The fourth-order valence-electron chi connectivity index (χ4n) is 2.29. The van der Waals surface area contributed by atoms with Gasteiger partial charge in [-0.05, 0) is 42.8 Å². The van der Waals surface area contributed by atoms with Gasteiger partial charge < -0.3 is 5.32 Å². The van der Waals surface area contributed by atoms with Gasteiger partial charge in [0.2, 0.25) is 15.9 Å². The van der Waals surface area contributed by atoms with Crippen LogP contribution >= 0.6 is 23.2 Å². The highest BCUT2D eigenvalue weighted by atomic mass is 35.5. The monoisotopic (exact) mass is 418 g/mol. The molecule has 2 aromatic carbocycles. The molecule has 0 atom stereocenters. The Bertz CT molecular complexity index is 889. The molecule has 0 aromatic heterocycles. The van der Waals surface area contributed by atoms with E-state index in [1.807, 2.05) is 0 Å². The first kappa shape index (κ1) is 20.5. The minimum atomic E-state index is -3.56. The van der Waals surface area contributed by atoms with Crippen LogP contribution in [0.15, 0.2) is 42.5 Å². The number of nitrogens with one attached hydrogen (secondary N) is 1. The summed E-state index contributed by atoms with van der Waals surface area (Å²) in [6.07, 6.45) is 1.41. The van der Waals surface area contributed by atoms with Crippen molar-refractivity contribution in [3.63, 3.8) is 0 Å². The van der Waals surface area contributed by atoms with Gasteiger partial charge in [0, 0.05) is 13.0 Å². The number of nitrogens with zero attached hydrogens (tertiary/aromatic N) is 1.